The Morgan fingerprint density at radius 3 is 2.73 bits per heavy atom. The van der Waals surface area contributed by atoms with Crippen molar-refractivity contribution >= 4 is 42.6 Å². The second-order valence-electron chi connectivity index (χ2n) is 9.08. The SMILES string of the molecule is CCOc1nc(N)nc2c1ncn2[C@@H]1O[C@H](COP(=O)(N[C@@H](C)C(=O)OC)Oc2ccccc2)[C@@H](O)[C@@]1(C)SC. The molecule has 0 spiro atoms. The molecule has 0 bridgehead atoms. The number of esters is 1. The van der Waals surface area contributed by atoms with Crippen LogP contribution in [0.5, 0.6) is 11.6 Å². The fourth-order valence-corrected chi connectivity index (χ4v) is 6.51. The van der Waals surface area contributed by atoms with Gasteiger partial charge in [0.1, 0.15) is 24.0 Å². The Balaban J connectivity index is 1.60. The van der Waals surface area contributed by atoms with Gasteiger partial charge in [-0.15, -0.1) is 0 Å². The predicted molar refractivity (Wildman–Crippen MR) is 148 cm³/mol. The molecule has 4 N–H and O–H groups in total. The zero-order valence-electron chi connectivity index (χ0n) is 22.7. The molecule has 1 aliphatic heterocycles. The van der Waals surface area contributed by atoms with E-state index in [1.54, 1.807) is 34.9 Å². The van der Waals surface area contributed by atoms with E-state index < -0.39 is 42.9 Å². The van der Waals surface area contributed by atoms with Crippen LogP contribution in [0.15, 0.2) is 36.7 Å². The number of nitrogen functional groups attached to an aromatic ring is 1. The summed E-state index contributed by atoms with van der Waals surface area (Å²) in [6, 6.07) is 7.34. The number of methoxy groups -OCH3 is 1. The van der Waals surface area contributed by atoms with Gasteiger partial charge in [-0.3, -0.25) is 13.9 Å². The highest BCUT2D eigenvalue weighted by Gasteiger charge is 2.55. The number of ether oxygens (including phenoxy) is 3. The van der Waals surface area contributed by atoms with Crippen molar-refractivity contribution in [3.63, 3.8) is 0 Å². The van der Waals surface area contributed by atoms with Crippen LogP contribution in [0.2, 0.25) is 0 Å². The van der Waals surface area contributed by atoms with Crippen molar-refractivity contribution in [1.82, 2.24) is 24.6 Å². The summed E-state index contributed by atoms with van der Waals surface area (Å²) in [5, 5.41) is 14.0. The average Bonchev–Trinajstić information content (AvgIpc) is 3.46. The smallest absolute Gasteiger partial charge is 0.459 e. The van der Waals surface area contributed by atoms with Crippen LogP contribution in [-0.2, 0) is 23.4 Å². The Hall–Kier alpha value is -2.94. The molecule has 6 atom stereocenters. The van der Waals surface area contributed by atoms with E-state index in [0.29, 0.717) is 17.8 Å². The first kappa shape index (κ1) is 30.0. The molecular weight excluding hydrogens is 563 g/mol. The Kier molecular flexibility index (Phi) is 9.22. The molecule has 0 aliphatic carbocycles. The largest absolute Gasteiger partial charge is 0.476 e. The number of carbonyl (C=O) groups is 1. The van der Waals surface area contributed by atoms with Gasteiger partial charge in [0.25, 0.3) is 0 Å². The molecule has 1 aromatic carbocycles. The minimum atomic E-state index is -4.16. The zero-order chi connectivity index (χ0) is 29.1. The second kappa shape index (κ2) is 12.3. The lowest BCUT2D eigenvalue weighted by atomic mass is 10.0. The van der Waals surface area contributed by atoms with Crippen molar-refractivity contribution in [2.45, 2.75) is 50.0 Å². The lowest BCUT2D eigenvalue weighted by Gasteiger charge is -2.31. The number of fused-ring (bicyclic) bond motifs is 1. The quantitative estimate of drug-likeness (QED) is 0.205. The number of carbonyl (C=O) groups excluding carboxylic acids is 1. The summed E-state index contributed by atoms with van der Waals surface area (Å²) >= 11 is 1.37. The van der Waals surface area contributed by atoms with Crippen LogP contribution < -0.4 is 20.1 Å². The molecule has 2 aromatic heterocycles. The summed E-state index contributed by atoms with van der Waals surface area (Å²) in [6.45, 7) is 5.12. The summed E-state index contributed by atoms with van der Waals surface area (Å²) in [5.74, 6) is -0.181. The highest BCUT2D eigenvalue weighted by atomic mass is 32.2. The number of benzene rings is 1. The van der Waals surface area contributed by atoms with E-state index in [0.717, 1.165) is 0 Å². The van der Waals surface area contributed by atoms with Crippen molar-refractivity contribution in [1.29, 1.82) is 0 Å². The molecule has 16 heteroatoms. The number of para-hydroxylation sites is 1. The fraction of sp³-hybridized carbons (Fsp3) is 0.500. The van der Waals surface area contributed by atoms with Gasteiger partial charge in [-0.2, -0.15) is 26.8 Å². The molecule has 14 nitrogen and oxygen atoms in total. The van der Waals surface area contributed by atoms with Gasteiger partial charge < -0.3 is 29.6 Å². The summed E-state index contributed by atoms with van der Waals surface area (Å²) in [4.78, 5) is 24.9. The van der Waals surface area contributed by atoms with Crippen LogP contribution in [0.1, 0.15) is 27.0 Å². The maximum Gasteiger partial charge on any atom is 0.459 e. The molecule has 40 heavy (non-hydrogen) atoms. The van der Waals surface area contributed by atoms with E-state index in [2.05, 4.69) is 20.0 Å². The molecule has 0 amide bonds. The van der Waals surface area contributed by atoms with Gasteiger partial charge in [0.2, 0.25) is 11.8 Å². The summed E-state index contributed by atoms with van der Waals surface area (Å²) in [7, 11) is -2.94. The fourth-order valence-electron chi connectivity index (χ4n) is 4.25. The number of aliphatic hydroxyl groups excluding tert-OH is 1. The molecule has 3 heterocycles. The number of nitrogens with two attached hydrogens (primary N) is 1. The lowest BCUT2D eigenvalue weighted by Crippen LogP contribution is -2.42. The Morgan fingerprint density at radius 2 is 2.08 bits per heavy atom. The van der Waals surface area contributed by atoms with Crippen molar-refractivity contribution in [3.8, 4) is 11.6 Å². The highest BCUT2D eigenvalue weighted by molar-refractivity contribution is 8.00. The summed E-state index contributed by atoms with van der Waals surface area (Å²) < 4.78 is 42.5. The number of aromatic nitrogens is 4. The molecule has 218 valence electrons. The van der Waals surface area contributed by atoms with Crippen LogP contribution >= 0.6 is 19.5 Å². The average molecular weight is 597 g/mol. The molecule has 3 aromatic rings. The van der Waals surface area contributed by atoms with E-state index in [1.807, 2.05) is 20.1 Å². The number of hydrogen-bond acceptors (Lipinski definition) is 13. The maximum absolute atomic E-state index is 13.8. The monoisotopic (exact) mass is 596 g/mol. The number of anilines is 1. The van der Waals surface area contributed by atoms with E-state index in [9.17, 15) is 14.5 Å². The van der Waals surface area contributed by atoms with Gasteiger partial charge in [0.15, 0.2) is 17.4 Å². The van der Waals surface area contributed by atoms with Gasteiger partial charge in [-0.1, -0.05) is 18.2 Å². The van der Waals surface area contributed by atoms with Gasteiger partial charge >= 0.3 is 13.7 Å². The maximum atomic E-state index is 13.8. The molecule has 1 aliphatic rings. The lowest BCUT2D eigenvalue weighted by molar-refractivity contribution is -0.142. The van der Waals surface area contributed by atoms with E-state index in [-0.39, 0.29) is 24.2 Å². The number of imidazole rings is 1. The minimum Gasteiger partial charge on any atom is -0.476 e. The normalized spacial score (nSPS) is 24.9. The Labute approximate surface area is 235 Å². The molecule has 4 rings (SSSR count). The third-order valence-electron chi connectivity index (χ3n) is 6.40. The standard InChI is InChI=1S/C24H33N6O8PS/c1-6-35-20-17-19(27-23(25)28-20)30(13-26-17)22-24(3,40-5)18(31)16(37-22)12-36-39(33,29-14(2)21(32)34-4)38-15-10-8-7-9-11-15/h7-11,13-14,16,18,22,31H,6,12H2,1-5H3,(H,29,33)(H2,25,27,28)/t14-,16+,18+,22+,24+,39?/m0/s1. The first-order chi connectivity index (χ1) is 19.0. The van der Waals surface area contributed by atoms with Gasteiger partial charge in [0, 0.05) is 0 Å². The first-order valence-electron chi connectivity index (χ1n) is 12.4. The first-order valence-corrected chi connectivity index (χ1v) is 15.2. The van der Waals surface area contributed by atoms with Gasteiger partial charge in [-0.05, 0) is 39.2 Å². The Bertz CT molecular complexity index is 1380. The predicted octanol–water partition coefficient (Wildman–Crippen LogP) is 2.54. The number of hydrogen-bond donors (Lipinski definition) is 3. The Morgan fingerprint density at radius 1 is 1.35 bits per heavy atom. The van der Waals surface area contributed by atoms with Crippen molar-refractivity contribution < 1.29 is 37.7 Å². The van der Waals surface area contributed by atoms with Crippen molar-refractivity contribution in [3.05, 3.63) is 36.7 Å². The third kappa shape index (κ3) is 6.04. The van der Waals surface area contributed by atoms with Crippen molar-refractivity contribution in [2.24, 2.45) is 0 Å². The van der Waals surface area contributed by atoms with Crippen molar-refractivity contribution in [2.75, 3.05) is 32.3 Å². The summed E-state index contributed by atoms with van der Waals surface area (Å²) in [5.41, 5.74) is 6.67. The van der Waals surface area contributed by atoms with E-state index in [1.165, 1.54) is 32.1 Å². The van der Waals surface area contributed by atoms with E-state index >= 15 is 0 Å². The van der Waals surface area contributed by atoms with Crippen LogP contribution in [0.25, 0.3) is 11.2 Å². The molecule has 1 fully saturated rings. The number of nitrogens with one attached hydrogen (secondary N) is 1. The molecule has 1 unspecified atom stereocenters. The molecular formula is C24H33N6O8PS. The van der Waals surface area contributed by atoms with Gasteiger partial charge in [0.05, 0.1) is 31.4 Å². The molecule has 0 saturated carbocycles. The minimum absolute atomic E-state index is 0.00761. The van der Waals surface area contributed by atoms with Crippen LogP contribution in [0.4, 0.5) is 5.95 Å². The molecule has 0 radical (unpaired) electrons. The number of nitrogens with zero attached hydrogens (tertiary/aromatic N) is 4. The zero-order valence-corrected chi connectivity index (χ0v) is 24.4. The number of thioether (sulfide) groups is 1. The van der Waals surface area contributed by atoms with E-state index in [4.69, 9.17) is 29.0 Å². The van der Waals surface area contributed by atoms with Crippen LogP contribution in [0.3, 0.4) is 0 Å². The second-order valence-corrected chi connectivity index (χ2v) is 12.1. The number of rotatable bonds is 12. The van der Waals surface area contributed by atoms with Gasteiger partial charge in [-0.25, -0.2) is 9.55 Å². The highest BCUT2D eigenvalue weighted by Crippen LogP contribution is 2.50. The number of aliphatic hydroxyl groups is 1. The topological polar surface area (TPSA) is 182 Å². The molecule has 1 saturated heterocycles. The third-order valence-corrected chi connectivity index (χ3v) is 9.36. The van der Waals surface area contributed by atoms with Crippen LogP contribution in [-0.4, -0.2) is 80.2 Å². The van der Waals surface area contributed by atoms with Crippen LogP contribution in [0, 0.1) is 0 Å². The summed E-state index contributed by atoms with van der Waals surface area (Å²) in [6.07, 6.45) is 0.530.